The molecule has 268 valence electrons. The van der Waals surface area contributed by atoms with E-state index in [-0.39, 0.29) is 22.2 Å². The number of hydrogen-bond donors (Lipinski definition) is 0. The van der Waals surface area contributed by atoms with Crippen molar-refractivity contribution in [2.24, 2.45) is 4.99 Å². The standard InChI is InChI=1S/C47H44N6S/c1-44(2)45(3,4)53-43(50-44)52(46(5,6)47(53,7)8)42-48-40(39-34-22-13-15-24-38(34)54-41(39)49-42)31-18-16-17-29(27-31)30-25-26-37-35(28-30)33-21-12-14-23-36(33)51(37)32-19-10-9-11-20-32/h9-28H,1-8H3. The van der Waals surface area contributed by atoms with Gasteiger partial charge >= 0.3 is 0 Å². The van der Waals surface area contributed by atoms with Gasteiger partial charge in [0.05, 0.1) is 38.9 Å². The van der Waals surface area contributed by atoms with Gasteiger partial charge in [-0.1, -0.05) is 78.9 Å². The molecule has 0 unspecified atom stereocenters. The van der Waals surface area contributed by atoms with E-state index in [0.717, 1.165) is 38.7 Å². The maximum absolute atomic E-state index is 5.57. The zero-order valence-electron chi connectivity index (χ0n) is 32.1. The average Bonchev–Trinajstić information content (AvgIpc) is 3.79. The van der Waals surface area contributed by atoms with E-state index in [1.165, 1.54) is 37.5 Å². The molecule has 0 radical (unpaired) electrons. The highest BCUT2D eigenvalue weighted by molar-refractivity contribution is 7.25. The number of anilines is 1. The molecule has 5 heterocycles. The Balaban J connectivity index is 1.17. The van der Waals surface area contributed by atoms with Gasteiger partial charge in [0.25, 0.3) is 0 Å². The third kappa shape index (κ3) is 4.36. The summed E-state index contributed by atoms with van der Waals surface area (Å²) in [7, 11) is 0. The second-order valence-electron chi connectivity index (χ2n) is 17.0. The first-order valence-corrected chi connectivity index (χ1v) is 19.7. The SMILES string of the molecule is CC1(C)N=C2N(c3nc(-c4cccc(-c5ccc6c(c5)c5ccccc5n6-c5ccccc5)c4)c4c(n3)sc3ccccc34)C(C)(C)C(C)(C)N2C1(C)C. The minimum absolute atomic E-state index is 0.203. The normalized spacial score (nSPS) is 18.3. The fourth-order valence-corrected chi connectivity index (χ4v) is 10.0. The van der Waals surface area contributed by atoms with Crippen LogP contribution in [-0.2, 0) is 0 Å². The third-order valence-corrected chi connectivity index (χ3v) is 14.1. The van der Waals surface area contributed by atoms with Gasteiger partial charge in [-0.25, -0.2) is 15.0 Å². The van der Waals surface area contributed by atoms with Gasteiger partial charge in [-0.15, -0.1) is 11.3 Å². The Morgan fingerprint density at radius 1 is 0.537 bits per heavy atom. The molecule has 2 aliphatic rings. The number of benzene rings is 5. The molecule has 2 aliphatic heterocycles. The molecule has 8 aromatic rings. The molecule has 0 saturated carbocycles. The molecule has 0 bridgehead atoms. The van der Waals surface area contributed by atoms with E-state index < -0.39 is 0 Å². The minimum atomic E-state index is -0.350. The van der Waals surface area contributed by atoms with E-state index in [4.69, 9.17) is 15.0 Å². The number of rotatable bonds is 4. The summed E-state index contributed by atoms with van der Waals surface area (Å²) in [5.74, 6) is 1.64. The van der Waals surface area contributed by atoms with Gasteiger partial charge in [-0.2, -0.15) is 0 Å². The van der Waals surface area contributed by atoms with Gasteiger partial charge in [0, 0.05) is 37.5 Å². The summed E-state index contributed by atoms with van der Waals surface area (Å²) >= 11 is 1.74. The first-order chi connectivity index (χ1) is 25.8. The quantitative estimate of drug-likeness (QED) is 0.181. The Bertz CT molecular complexity index is 2860. The summed E-state index contributed by atoms with van der Waals surface area (Å²) in [4.78, 5) is 22.2. The Hall–Kier alpha value is -5.53. The van der Waals surface area contributed by atoms with Gasteiger partial charge in [-0.05, 0) is 109 Å². The van der Waals surface area contributed by atoms with Crippen molar-refractivity contribution in [3.05, 3.63) is 121 Å². The van der Waals surface area contributed by atoms with E-state index in [1.54, 1.807) is 11.3 Å². The first kappa shape index (κ1) is 33.1. The van der Waals surface area contributed by atoms with E-state index in [9.17, 15) is 0 Å². The number of guanidine groups is 1. The predicted molar refractivity (Wildman–Crippen MR) is 228 cm³/mol. The van der Waals surface area contributed by atoms with E-state index in [1.807, 2.05) is 0 Å². The van der Waals surface area contributed by atoms with Crippen molar-refractivity contribution in [3.63, 3.8) is 0 Å². The summed E-state index contributed by atoms with van der Waals surface area (Å²) in [6.07, 6.45) is 0. The van der Waals surface area contributed by atoms with Gasteiger partial charge in [0.15, 0.2) is 0 Å². The molecular weight excluding hydrogens is 681 g/mol. The highest BCUT2D eigenvalue weighted by atomic mass is 32.1. The molecule has 7 heteroatoms. The third-order valence-electron chi connectivity index (χ3n) is 13.0. The maximum Gasteiger partial charge on any atom is 0.234 e. The summed E-state index contributed by atoms with van der Waals surface area (Å²) in [6, 6.07) is 43.7. The molecular formula is C47H44N6S. The monoisotopic (exact) mass is 724 g/mol. The second-order valence-corrected chi connectivity index (χ2v) is 18.0. The van der Waals surface area contributed by atoms with Crippen LogP contribution in [-0.4, -0.2) is 47.6 Å². The highest BCUT2D eigenvalue weighted by Gasteiger charge is 2.66. The van der Waals surface area contributed by atoms with Gasteiger partial charge < -0.3 is 9.47 Å². The molecule has 10 rings (SSSR count). The molecule has 0 aliphatic carbocycles. The Morgan fingerprint density at radius 3 is 2.00 bits per heavy atom. The number of aromatic nitrogens is 3. The second kappa shape index (κ2) is 11.0. The molecule has 0 spiro atoms. The lowest BCUT2D eigenvalue weighted by Gasteiger charge is -2.50. The molecule has 3 aromatic heterocycles. The highest BCUT2D eigenvalue weighted by Crippen LogP contribution is 2.54. The van der Waals surface area contributed by atoms with Crippen LogP contribution >= 0.6 is 11.3 Å². The van der Waals surface area contributed by atoms with Crippen LogP contribution in [0.1, 0.15) is 55.4 Å². The number of para-hydroxylation sites is 2. The van der Waals surface area contributed by atoms with Gasteiger partial charge in [0.2, 0.25) is 11.9 Å². The van der Waals surface area contributed by atoms with Gasteiger partial charge in [-0.3, -0.25) is 4.90 Å². The Kier molecular flexibility index (Phi) is 6.75. The van der Waals surface area contributed by atoms with Crippen molar-refractivity contribution in [1.29, 1.82) is 0 Å². The van der Waals surface area contributed by atoms with Crippen molar-refractivity contribution in [1.82, 2.24) is 19.4 Å². The number of aliphatic imine (C=N–C) groups is 1. The topological polar surface area (TPSA) is 49.6 Å². The Labute approximate surface area is 320 Å². The Morgan fingerprint density at radius 2 is 1.20 bits per heavy atom. The van der Waals surface area contributed by atoms with Crippen molar-refractivity contribution in [2.75, 3.05) is 4.90 Å². The van der Waals surface area contributed by atoms with Crippen molar-refractivity contribution in [2.45, 2.75) is 77.5 Å². The van der Waals surface area contributed by atoms with Crippen LogP contribution in [0.2, 0.25) is 0 Å². The zero-order chi connectivity index (χ0) is 37.4. The first-order valence-electron chi connectivity index (χ1n) is 18.9. The maximum atomic E-state index is 5.57. The lowest BCUT2D eigenvalue weighted by molar-refractivity contribution is 0.0528. The molecule has 1 fully saturated rings. The fraction of sp³-hybridized carbons (Fsp3) is 0.255. The predicted octanol–water partition coefficient (Wildman–Crippen LogP) is 11.9. The summed E-state index contributed by atoms with van der Waals surface area (Å²) < 4.78 is 3.57. The molecule has 1 saturated heterocycles. The average molecular weight is 725 g/mol. The van der Waals surface area contributed by atoms with Crippen LogP contribution < -0.4 is 4.90 Å². The van der Waals surface area contributed by atoms with Crippen molar-refractivity contribution in [3.8, 4) is 28.1 Å². The van der Waals surface area contributed by atoms with E-state index in [2.05, 4.69) is 191 Å². The smallest absolute Gasteiger partial charge is 0.234 e. The summed E-state index contributed by atoms with van der Waals surface area (Å²) in [5, 5.41) is 4.76. The minimum Gasteiger partial charge on any atom is -0.327 e. The number of hydrogen-bond acceptors (Lipinski definition) is 6. The number of thiophene rings is 1. The summed E-state index contributed by atoms with van der Waals surface area (Å²) in [6.45, 7) is 18.4. The van der Waals surface area contributed by atoms with Crippen LogP contribution in [0, 0.1) is 0 Å². The molecule has 6 nitrogen and oxygen atoms in total. The molecule has 0 amide bonds. The lowest BCUT2D eigenvalue weighted by Crippen LogP contribution is -2.63. The van der Waals surface area contributed by atoms with Crippen LogP contribution in [0.25, 0.3) is 70.2 Å². The van der Waals surface area contributed by atoms with Crippen LogP contribution in [0.4, 0.5) is 5.95 Å². The van der Waals surface area contributed by atoms with Crippen molar-refractivity contribution >= 4 is 65.4 Å². The van der Waals surface area contributed by atoms with Gasteiger partial charge in [0.1, 0.15) is 4.83 Å². The number of nitrogens with zero attached hydrogens (tertiary/aromatic N) is 6. The lowest BCUT2D eigenvalue weighted by atomic mass is 9.76. The van der Waals surface area contributed by atoms with Crippen LogP contribution in [0.15, 0.2) is 126 Å². The van der Waals surface area contributed by atoms with E-state index >= 15 is 0 Å². The molecule has 0 atom stereocenters. The molecule has 5 aromatic carbocycles. The van der Waals surface area contributed by atoms with E-state index in [0.29, 0.717) is 5.95 Å². The largest absolute Gasteiger partial charge is 0.327 e. The van der Waals surface area contributed by atoms with Crippen LogP contribution in [0.5, 0.6) is 0 Å². The van der Waals surface area contributed by atoms with Crippen LogP contribution in [0.3, 0.4) is 0 Å². The molecule has 54 heavy (non-hydrogen) atoms. The fourth-order valence-electron chi connectivity index (χ4n) is 8.97. The number of fused-ring (bicyclic) bond motifs is 7. The zero-order valence-corrected chi connectivity index (χ0v) is 33.0. The summed E-state index contributed by atoms with van der Waals surface area (Å²) in [5.41, 5.74) is 6.80. The van der Waals surface area contributed by atoms with Crippen molar-refractivity contribution < 1.29 is 0 Å². The molecule has 0 N–H and O–H groups in total.